The number of thiophene rings is 1. The van der Waals surface area contributed by atoms with Gasteiger partial charge in [-0.1, -0.05) is 6.07 Å². The molecular formula is C13H18N2O3S. The summed E-state index contributed by atoms with van der Waals surface area (Å²) in [6.45, 7) is 3.93. The molecule has 2 rings (SSSR count). The number of nitrogens with zero attached hydrogens (tertiary/aromatic N) is 1. The van der Waals surface area contributed by atoms with Gasteiger partial charge < -0.3 is 15.0 Å². The predicted octanol–water partition coefficient (Wildman–Crippen LogP) is 1.17. The molecule has 1 saturated heterocycles. The zero-order chi connectivity index (χ0) is 13.7. The zero-order valence-electron chi connectivity index (χ0n) is 10.9. The second-order valence-corrected chi connectivity index (χ2v) is 5.45. The Morgan fingerprint density at radius 2 is 2.21 bits per heavy atom. The van der Waals surface area contributed by atoms with Gasteiger partial charge in [0.25, 0.3) is 0 Å². The number of carbonyl (C=O) groups excluding carboxylic acids is 2. The molecule has 1 aromatic heterocycles. The van der Waals surface area contributed by atoms with Gasteiger partial charge in [0, 0.05) is 24.9 Å². The summed E-state index contributed by atoms with van der Waals surface area (Å²) in [6, 6.07) is 3.64. The smallest absolute Gasteiger partial charge is 0.225 e. The molecule has 0 aliphatic carbocycles. The van der Waals surface area contributed by atoms with Gasteiger partial charge in [0.15, 0.2) is 0 Å². The molecule has 0 saturated carbocycles. The maximum absolute atomic E-state index is 12.2. The highest BCUT2D eigenvalue weighted by molar-refractivity contribution is 7.10. The standard InChI is InChI=1S/C13H18N2O3S/c1-10(16)14-11(12-3-2-8-19-12)9-13(17)15-4-6-18-7-5-15/h2-3,8,11H,4-7,9H2,1H3,(H,14,16)/t11-/m0/s1. The normalized spacial score (nSPS) is 17.0. The average Bonchev–Trinajstić information content (AvgIpc) is 2.92. The largest absolute Gasteiger partial charge is 0.378 e. The first-order valence-corrected chi connectivity index (χ1v) is 7.21. The number of rotatable bonds is 4. The summed E-state index contributed by atoms with van der Waals surface area (Å²) in [4.78, 5) is 26.3. The first-order chi connectivity index (χ1) is 9.16. The third-order valence-corrected chi connectivity index (χ3v) is 3.99. The molecule has 5 nitrogen and oxygen atoms in total. The average molecular weight is 282 g/mol. The molecule has 6 heteroatoms. The van der Waals surface area contributed by atoms with E-state index >= 15 is 0 Å². The van der Waals surface area contributed by atoms with Crippen molar-refractivity contribution in [3.63, 3.8) is 0 Å². The minimum absolute atomic E-state index is 0.0652. The summed E-state index contributed by atoms with van der Waals surface area (Å²) in [7, 11) is 0. The van der Waals surface area contributed by atoms with E-state index in [1.165, 1.54) is 6.92 Å². The summed E-state index contributed by atoms with van der Waals surface area (Å²) in [5.41, 5.74) is 0. The second-order valence-electron chi connectivity index (χ2n) is 4.47. The van der Waals surface area contributed by atoms with Crippen molar-refractivity contribution in [1.29, 1.82) is 0 Å². The molecule has 1 aromatic rings. The molecule has 2 heterocycles. The third kappa shape index (κ3) is 4.04. The number of hydrogen-bond donors (Lipinski definition) is 1. The van der Waals surface area contributed by atoms with Gasteiger partial charge >= 0.3 is 0 Å². The van der Waals surface area contributed by atoms with Crippen molar-refractivity contribution in [3.8, 4) is 0 Å². The van der Waals surface area contributed by atoms with Crippen LogP contribution >= 0.6 is 11.3 Å². The second kappa shape index (κ2) is 6.68. The fourth-order valence-corrected chi connectivity index (χ4v) is 2.85. The minimum Gasteiger partial charge on any atom is -0.378 e. The molecule has 1 N–H and O–H groups in total. The lowest BCUT2D eigenvalue weighted by Gasteiger charge is -2.28. The van der Waals surface area contributed by atoms with Gasteiger partial charge in [-0.05, 0) is 11.4 Å². The minimum atomic E-state index is -0.229. The molecule has 0 unspecified atom stereocenters. The number of morpholine rings is 1. The highest BCUT2D eigenvalue weighted by Gasteiger charge is 2.23. The summed E-state index contributed by atoms with van der Waals surface area (Å²) >= 11 is 1.55. The van der Waals surface area contributed by atoms with Crippen molar-refractivity contribution in [1.82, 2.24) is 10.2 Å². The monoisotopic (exact) mass is 282 g/mol. The number of ether oxygens (including phenoxy) is 1. The fourth-order valence-electron chi connectivity index (χ4n) is 2.07. The van der Waals surface area contributed by atoms with Crippen LogP contribution in [0.2, 0.25) is 0 Å². The predicted molar refractivity (Wildman–Crippen MR) is 72.9 cm³/mol. The van der Waals surface area contributed by atoms with E-state index in [1.807, 2.05) is 17.5 Å². The zero-order valence-corrected chi connectivity index (χ0v) is 11.7. The van der Waals surface area contributed by atoms with Crippen LogP contribution < -0.4 is 5.32 Å². The molecular weight excluding hydrogens is 264 g/mol. The Morgan fingerprint density at radius 1 is 1.47 bits per heavy atom. The van der Waals surface area contributed by atoms with E-state index in [0.29, 0.717) is 32.7 Å². The number of carbonyl (C=O) groups is 2. The molecule has 104 valence electrons. The Bertz CT molecular complexity index is 427. The molecule has 1 aliphatic rings. The van der Waals surface area contributed by atoms with Crippen molar-refractivity contribution in [2.45, 2.75) is 19.4 Å². The van der Waals surface area contributed by atoms with Crippen LogP contribution in [0, 0.1) is 0 Å². The lowest BCUT2D eigenvalue weighted by Crippen LogP contribution is -2.42. The van der Waals surface area contributed by atoms with Crippen molar-refractivity contribution >= 4 is 23.2 Å². The van der Waals surface area contributed by atoms with E-state index in [4.69, 9.17) is 4.74 Å². The maximum Gasteiger partial charge on any atom is 0.225 e. The van der Waals surface area contributed by atoms with Gasteiger partial charge in [0.2, 0.25) is 11.8 Å². The van der Waals surface area contributed by atoms with E-state index in [1.54, 1.807) is 16.2 Å². The van der Waals surface area contributed by atoms with Gasteiger partial charge in [0.05, 0.1) is 25.7 Å². The lowest BCUT2D eigenvalue weighted by atomic mass is 10.1. The van der Waals surface area contributed by atoms with Gasteiger partial charge in [-0.2, -0.15) is 0 Å². The van der Waals surface area contributed by atoms with Gasteiger partial charge in [-0.25, -0.2) is 0 Å². The highest BCUT2D eigenvalue weighted by atomic mass is 32.1. The topological polar surface area (TPSA) is 58.6 Å². The summed E-state index contributed by atoms with van der Waals surface area (Å²) in [5.74, 6) is -0.0522. The van der Waals surface area contributed by atoms with Crippen LogP contribution in [-0.2, 0) is 14.3 Å². The van der Waals surface area contributed by atoms with E-state index in [0.717, 1.165) is 4.88 Å². The molecule has 1 fully saturated rings. The summed E-state index contributed by atoms with van der Waals surface area (Å²) in [5, 5.41) is 4.79. The van der Waals surface area contributed by atoms with Crippen molar-refractivity contribution in [2.75, 3.05) is 26.3 Å². The molecule has 1 aliphatic heterocycles. The molecule has 0 spiro atoms. The third-order valence-electron chi connectivity index (χ3n) is 3.01. The number of hydrogen-bond acceptors (Lipinski definition) is 4. The fraction of sp³-hybridized carbons (Fsp3) is 0.538. The Kier molecular flexibility index (Phi) is 4.93. The molecule has 0 radical (unpaired) electrons. The van der Waals surface area contributed by atoms with Gasteiger partial charge in [0.1, 0.15) is 0 Å². The van der Waals surface area contributed by atoms with E-state index in [2.05, 4.69) is 5.32 Å². The Balaban J connectivity index is 1.99. The Hall–Kier alpha value is -1.40. The molecule has 0 bridgehead atoms. The van der Waals surface area contributed by atoms with Crippen LogP contribution in [0.5, 0.6) is 0 Å². The molecule has 2 amide bonds. The number of nitrogens with one attached hydrogen (secondary N) is 1. The number of amides is 2. The first kappa shape index (κ1) is 14.0. The maximum atomic E-state index is 12.2. The summed E-state index contributed by atoms with van der Waals surface area (Å²) < 4.78 is 5.23. The lowest BCUT2D eigenvalue weighted by molar-refractivity contribution is -0.136. The van der Waals surface area contributed by atoms with Crippen LogP contribution in [0.4, 0.5) is 0 Å². The van der Waals surface area contributed by atoms with E-state index < -0.39 is 0 Å². The van der Waals surface area contributed by atoms with E-state index in [9.17, 15) is 9.59 Å². The highest BCUT2D eigenvalue weighted by Crippen LogP contribution is 2.23. The van der Waals surface area contributed by atoms with Crippen molar-refractivity contribution in [3.05, 3.63) is 22.4 Å². The molecule has 19 heavy (non-hydrogen) atoms. The van der Waals surface area contributed by atoms with Crippen LogP contribution in [0.3, 0.4) is 0 Å². The van der Waals surface area contributed by atoms with Gasteiger partial charge in [-0.3, -0.25) is 9.59 Å². The van der Waals surface area contributed by atoms with Crippen LogP contribution in [0.15, 0.2) is 17.5 Å². The molecule has 1 atom stereocenters. The summed E-state index contributed by atoms with van der Waals surface area (Å²) in [6.07, 6.45) is 0.306. The van der Waals surface area contributed by atoms with E-state index in [-0.39, 0.29) is 17.9 Å². The van der Waals surface area contributed by atoms with Gasteiger partial charge in [-0.15, -0.1) is 11.3 Å². The first-order valence-electron chi connectivity index (χ1n) is 6.33. The van der Waals surface area contributed by atoms with Crippen LogP contribution in [0.1, 0.15) is 24.3 Å². The van der Waals surface area contributed by atoms with Crippen LogP contribution in [-0.4, -0.2) is 43.0 Å². The van der Waals surface area contributed by atoms with Crippen molar-refractivity contribution < 1.29 is 14.3 Å². The quantitative estimate of drug-likeness (QED) is 0.902. The Morgan fingerprint density at radius 3 is 2.79 bits per heavy atom. The SMILES string of the molecule is CC(=O)N[C@@H](CC(=O)N1CCOCC1)c1cccs1. The van der Waals surface area contributed by atoms with Crippen molar-refractivity contribution in [2.24, 2.45) is 0 Å². The van der Waals surface area contributed by atoms with Crippen LogP contribution in [0.25, 0.3) is 0 Å². The molecule has 0 aromatic carbocycles. The Labute approximate surface area is 116 Å².